The van der Waals surface area contributed by atoms with Gasteiger partial charge in [0.2, 0.25) is 0 Å². The van der Waals surface area contributed by atoms with Crippen LogP contribution in [-0.2, 0) is 6.42 Å². The Hall–Kier alpha value is -0.260. The first-order chi connectivity index (χ1) is 9.11. The normalized spacial score (nSPS) is 25.3. The Bertz CT molecular complexity index is 428. The molecule has 1 aromatic carbocycles. The molecule has 1 fully saturated rings. The van der Waals surface area contributed by atoms with Crippen LogP contribution in [0.25, 0.3) is 0 Å². The van der Waals surface area contributed by atoms with E-state index in [1.54, 1.807) is 6.07 Å². The minimum Gasteiger partial charge on any atom is -0.316 e. The lowest BCUT2D eigenvalue weighted by Gasteiger charge is -2.34. The summed E-state index contributed by atoms with van der Waals surface area (Å²) in [5.41, 5.74) is 0.587. The highest BCUT2D eigenvalue weighted by atomic mass is 32.2. The Balaban J connectivity index is 2.09. The highest BCUT2D eigenvalue weighted by Gasteiger charge is 2.30. The summed E-state index contributed by atoms with van der Waals surface area (Å²) in [5.74, 6) is 1.37. The molecule has 1 N–H and O–H groups in total. The minimum absolute atomic E-state index is 0.216. The van der Waals surface area contributed by atoms with E-state index in [-0.39, 0.29) is 6.04 Å². The third-order valence-electron chi connectivity index (χ3n) is 3.46. The van der Waals surface area contributed by atoms with Crippen LogP contribution in [0.5, 0.6) is 0 Å². The average molecular weight is 303 g/mol. The molecule has 1 nitrogen and oxygen atoms in total. The Kier molecular flexibility index (Phi) is 5.54. The molecule has 1 heterocycles. The van der Waals surface area contributed by atoms with E-state index in [9.17, 15) is 8.78 Å². The van der Waals surface area contributed by atoms with Crippen LogP contribution in [0.4, 0.5) is 8.78 Å². The van der Waals surface area contributed by atoms with Gasteiger partial charge in [0.05, 0.1) is 0 Å². The van der Waals surface area contributed by atoms with Gasteiger partial charge >= 0.3 is 0 Å². The first-order valence-corrected chi connectivity index (χ1v) is 8.56. The van der Waals surface area contributed by atoms with Crippen molar-refractivity contribution in [3.63, 3.8) is 0 Å². The number of likely N-dealkylation sites (N-methyl/N-ethyl adjacent to an activating group) is 1. The molecule has 0 aromatic heterocycles. The number of hydrogen-bond acceptors (Lipinski definition) is 3. The average Bonchev–Trinajstić information content (AvgIpc) is 2.39. The van der Waals surface area contributed by atoms with Crippen LogP contribution in [0.3, 0.4) is 0 Å². The van der Waals surface area contributed by atoms with Crippen molar-refractivity contribution in [3.05, 3.63) is 35.4 Å². The fourth-order valence-electron chi connectivity index (χ4n) is 2.40. The molecule has 3 atom stereocenters. The number of thioether (sulfide) groups is 2. The van der Waals surface area contributed by atoms with Gasteiger partial charge in [-0.3, -0.25) is 0 Å². The second-order valence-electron chi connectivity index (χ2n) is 4.75. The Labute approximate surface area is 121 Å². The predicted molar refractivity (Wildman–Crippen MR) is 81.1 cm³/mol. The topological polar surface area (TPSA) is 12.0 Å². The number of benzene rings is 1. The molecule has 1 aliphatic rings. The molecule has 0 amide bonds. The maximum Gasteiger partial charge on any atom is 0.129 e. The standard InChI is InChI=1S/C14H19F2NS2/c1-9-14(19-6-5-18-9)13(17-2)7-10-3-4-11(15)8-12(10)16/h3-4,8-9,13-14,17H,5-7H2,1-2H3. The van der Waals surface area contributed by atoms with Gasteiger partial charge in [-0.1, -0.05) is 13.0 Å². The molecule has 0 saturated carbocycles. The maximum absolute atomic E-state index is 13.7. The van der Waals surface area contributed by atoms with Crippen LogP contribution in [0.2, 0.25) is 0 Å². The lowest BCUT2D eigenvalue weighted by atomic mass is 10.0. The first-order valence-electron chi connectivity index (χ1n) is 6.46. The zero-order chi connectivity index (χ0) is 13.8. The van der Waals surface area contributed by atoms with Crippen LogP contribution in [0, 0.1) is 11.6 Å². The predicted octanol–water partition coefficient (Wildman–Crippen LogP) is 3.33. The SMILES string of the molecule is CNC(Cc1ccc(F)cc1F)C1SCCSC1C. The molecule has 1 aromatic rings. The molecule has 0 bridgehead atoms. The maximum atomic E-state index is 13.7. The van der Waals surface area contributed by atoms with Crippen LogP contribution in [-0.4, -0.2) is 35.1 Å². The molecule has 106 valence electrons. The van der Waals surface area contributed by atoms with E-state index in [4.69, 9.17) is 0 Å². The second-order valence-corrected chi connectivity index (χ2v) is 7.52. The monoisotopic (exact) mass is 303 g/mol. The van der Waals surface area contributed by atoms with Crippen LogP contribution in [0.15, 0.2) is 18.2 Å². The zero-order valence-electron chi connectivity index (χ0n) is 11.2. The largest absolute Gasteiger partial charge is 0.316 e. The van der Waals surface area contributed by atoms with Gasteiger partial charge in [-0.2, -0.15) is 23.5 Å². The van der Waals surface area contributed by atoms with Crippen LogP contribution in [0.1, 0.15) is 12.5 Å². The van der Waals surface area contributed by atoms with E-state index in [0.29, 0.717) is 22.5 Å². The summed E-state index contributed by atoms with van der Waals surface area (Å²) in [6.45, 7) is 2.23. The number of hydrogen-bond donors (Lipinski definition) is 1. The van der Waals surface area contributed by atoms with Gasteiger partial charge in [-0.15, -0.1) is 0 Å². The van der Waals surface area contributed by atoms with Crippen LogP contribution >= 0.6 is 23.5 Å². The second kappa shape index (κ2) is 6.95. The van der Waals surface area contributed by atoms with Crippen molar-refractivity contribution in [1.29, 1.82) is 0 Å². The van der Waals surface area contributed by atoms with Crippen molar-refractivity contribution in [2.45, 2.75) is 29.9 Å². The van der Waals surface area contributed by atoms with E-state index in [1.165, 1.54) is 11.8 Å². The van der Waals surface area contributed by atoms with Crippen molar-refractivity contribution < 1.29 is 8.78 Å². The molecule has 1 saturated heterocycles. The van der Waals surface area contributed by atoms with Crippen molar-refractivity contribution in [2.75, 3.05) is 18.6 Å². The van der Waals surface area contributed by atoms with Gasteiger partial charge in [0, 0.05) is 34.1 Å². The van der Waals surface area contributed by atoms with Gasteiger partial charge in [-0.05, 0) is 25.1 Å². The van der Waals surface area contributed by atoms with E-state index in [0.717, 1.165) is 11.8 Å². The molecule has 5 heteroatoms. The van der Waals surface area contributed by atoms with E-state index < -0.39 is 11.6 Å². The molecular weight excluding hydrogens is 284 g/mol. The summed E-state index contributed by atoms with van der Waals surface area (Å²) in [6.07, 6.45) is 0.602. The first kappa shape index (κ1) is 15.1. The summed E-state index contributed by atoms with van der Waals surface area (Å²) in [4.78, 5) is 0. The molecule has 1 aliphatic heterocycles. The smallest absolute Gasteiger partial charge is 0.129 e. The zero-order valence-corrected chi connectivity index (χ0v) is 12.8. The fourth-order valence-corrected chi connectivity index (χ4v) is 5.40. The van der Waals surface area contributed by atoms with Crippen molar-refractivity contribution in [1.82, 2.24) is 5.32 Å². The van der Waals surface area contributed by atoms with Crippen molar-refractivity contribution in [2.24, 2.45) is 0 Å². The Morgan fingerprint density at radius 2 is 2.05 bits per heavy atom. The molecule has 0 radical (unpaired) electrons. The molecule has 19 heavy (non-hydrogen) atoms. The van der Waals surface area contributed by atoms with Gasteiger partial charge < -0.3 is 5.32 Å². The fraction of sp³-hybridized carbons (Fsp3) is 0.571. The van der Waals surface area contributed by atoms with Gasteiger partial charge in [-0.25, -0.2) is 8.78 Å². The van der Waals surface area contributed by atoms with Crippen molar-refractivity contribution in [3.8, 4) is 0 Å². The molecular formula is C14H19F2NS2. The minimum atomic E-state index is -0.516. The summed E-state index contributed by atoms with van der Waals surface area (Å²) in [5, 5.41) is 4.32. The summed E-state index contributed by atoms with van der Waals surface area (Å²) in [6, 6.07) is 4.07. The molecule has 3 unspecified atom stereocenters. The van der Waals surface area contributed by atoms with E-state index in [1.807, 2.05) is 30.6 Å². The molecule has 0 aliphatic carbocycles. The third-order valence-corrected chi connectivity index (χ3v) is 6.71. The number of halogens is 2. The third kappa shape index (κ3) is 3.86. The van der Waals surface area contributed by atoms with E-state index >= 15 is 0 Å². The quantitative estimate of drug-likeness (QED) is 0.916. The van der Waals surface area contributed by atoms with E-state index in [2.05, 4.69) is 12.2 Å². The number of nitrogens with one attached hydrogen (secondary N) is 1. The molecule has 0 spiro atoms. The highest BCUT2D eigenvalue weighted by molar-refractivity contribution is 8.07. The van der Waals surface area contributed by atoms with Crippen LogP contribution < -0.4 is 5.32 Å². The van der Waals surface area contributed by atoms with Crippen molar-refractivity contribution >= 4 is 23.5 Å². The molecule has 2 rings (SSSR count). The number of rotatable bonds is 4. The summed E-state index contributed by atoms with van der Waals surface area (Å²) < 4.78 is 26.7. The lowest BCUT2D eigenvalue weighted by molar-refractivity contribution is 0.508. The summed E-state index contributed by atoms with van der Waals surface area (Å²) in [7, 11) is 1.92. The van der Waals surface area contributed by atoms with Gasteiger partial charge in [0.1, 0.15) is 11.6 Å². The highest BCUT2D eigenvalue weighted by Crippen LogP contribution is 2.34. The lowest BCUT2D eigenvalue weighted by Crippen LogP contribution is -2.44. The summed E-state index contributed by atoms with van der Waals surface area (Å²) >= 11 is 3.92. The van der Waals surface area contributed by atoms with Gasteiger partial charge in [0.25, 0.3) is 0 Å². The Morgan fingerprint density at radius 3 is 2.68 bits per heavy atom. The van der Waals surface area contributed by atoms with Gasteiger partial charge in [0.15, 0.2) is 0 Å². The Morgan fingerprint density at radius 1 is 1.32 bits per heavy atom.